The zero-order valence-electron chi connectivity index (χ0n) is 16.4. The molecule has 0 aliphatic heterocycles. The van der Waals surface area contributed by atoms with Crippen molar-refractivity contribution in [2.24, 2.45) is 0 Å². The molecule has 0 aromatic carbocycles. The van der Waals surface area contributed by atoms with Gasteiger partial charge < -0.3 is 14.6 Å². The molecule has 0 aliphatic carbocycles. The van der Waals surface area contributed by atoms with Gasteiger partial charge in [-0.25, -0.2) is 4.79 Å². The third kappa shape index (κ3) is 5.06. The molecule has 0 saturated carbocycles. The Bertz CT molecular complexity index is 979. The van der Waals surface area contributed by atoms with Crippen molar-refractivity contribution < 1.29 is 14.3 Å². The average molecular weight is 451 g/mol. The van der Waals surface area contributed by atoms with Crippen LogP contribution >= 0.6 is 34.4 Å². The van der Waals surface area contributed by atoms with E-state index in [1.165, 1.54) is 23.1 Å². The van der Waals surface area contributed by atoms with Gasteiger partial charge >= 0.3 is 5.97 Å². The highest BCUT2D eigenvalue weighted by molar-refractivity contribution is 7.99. The normalized spacial score (nSPS) is 10.9. The van der Waals surface area contributed by atoms with E-state index in [9.17, 15) is 9.59 Å². The summed E-state index contributed by atoms with van der Waals surface area (Å²) in [6.45, 7) is 6.79. The molecule has 0 bridgehead atoms. The van der Waals surface area contributed by atoms with Crippen LogP contribution in [0.2, 0.25) is 0 Å². The summed E-state index contributed by atoms with van der Waals surface area (Å²) >= 11 is 4.33. The Labute approximate surface area is 181 Å². The first kappa shape index (κ1) is 21.5. The third-order valence-corrected chi connectivity index (χ3v) is 7.01. The Morgan fingerprint density at radius 2 is 2.10 bits per heavy atom. The lowest BCUT2D eigenvalue weighted by Gasteiger charge is -2.07. The van der Waals surface area contributed by atoms with E-state index >= 15 is 0 Å². The summed E-state index contributed by atoms with van der Waals surface area (Å²) in [5.41, 5.74) is 0.406. The Kier molecular flexibility index (Phi) is 7.45. The Hall–Kier alpha value is -2.17. The summed E-state index contributed by atoms with van der Waals surface area (Å²) in [5, 5.41) is 14.6. The summed E-state index contributed by atoms with van der Waals surface area (Å²) in [6.07, 6.45) is 0.785. The number of carbonyl (C=O) groups excluding carboxylic acids is 2. The molecule has 1 amide bonds. The van der Waals surface area contributed by atoms with E-state index < -0.39 is 5.97 Å². The number of nitrogens with one attached hydrogen (secondary N) is 1. The van der Waals surface area contributed by atoms with Gasteiger partial charge in [0.05, 0.1) is 22.8 Å². The van der Waals surface area contributed by atoms with Gasteiger partial charge in [-0.15, -0.1) is 32.9 Å². The van der Waals surface area contributed by atoms with Crippen LogP contribution in [0, 0.1) is 0 Å². The van der Waals surface area contributed by atoms with Gasteiger partial charge in [0.1, 0.15) is 5.00 Å². The molecule has 0 aliphatic rings. The maximum absolute atomic E-state index is 12.5. The van der Waals surface area contributed by atoms with Crippen LogP contribution in [0.15, 0.2) is 28.7 Å². The highest BCUT2D eigenvalue weighted by atomic mass is 32.2. The van der Waals surface area contributed by atoms with E-state index in [2.05, 4.69) is 15.5 Å². The van der Waals surface area contributed by atoms with Crippen molar-refractivity contribution in [3.8, 4) is 10.7 Å². The molecular formula is C19H22N4O3S3. The molecule has 3 aromatic heterocycles. The minimum atomic E-state index is -0.419. The van der Waals surface area contributed by atoms with E-state index in [1.54, 1.807) is 24.3 Å². The summed E-state index contributed by atoms with van der Waals surface area (Å²) in [6, 6.07) is 5.76. The van der Waals surface area contributed by atoms with Crippen molar-refractivity contribution in [2.75, 3.05) is 17.7 Å². The van der Waals surface area contributed by atoms with Gasteiger partial charge in [-0.2, -0.15) is 0 Å². The van der Waals surface area contributed by atoms with Gasteiger partial charge in [-0.1, -0.05) is 24.8 Å². The Balaban J connectivity index is 1.68. The fourth-order valence-corrected chi connectivity index (χ4v) is 5.15. The van der Waals surface area contributed by atoms with Gasteiger partial charge in [0, 0.05) is 11.4 Å². The number of thiophene rings is 2. The fourth-order valence-electron chi connectivity index (χ4n) is 2.63. The number of aromatic nitrogens is 3. The maximum atomic E-state index is 12.5. The van der Waals surface area contributed by atoms with Gasteiger partial charge in [-0.3, -0.25) is 4.79 Å². The van der Waals surface area contributed by atoms with E-state index in [0.717, 1.165) is 22.0 Å². The van der Waals surface area contributed by atoms with Crippen LogP contribution < -0.4 is 5.32 Å². The third-order valence-electron chi connectivity index (χ3n) is 3.99. The molecule has 10 heteroatoms. The van der Waals surface area contributed by atoms with E-state index in [0.29, 0.717) is 28.9 Å². The molecule has 0 fully saturated rings. The monoisotopic (exact) mass is 450 g/mol. The first-order chi connectivity index (χ1) is 14.1. The zero-order valence-corrected chi connectivity index (χ0v) is 18.9. The van der Waals surface area contributed by atoms with Crippen molar-refractivity contribution >= 4 is 51.3 Å². The molecule has 0 atom stereocenters. The number of anilines is 1. The number of hydrogen-bond acceptors (Lipinski definition) is 8. The summed E-state index contributed by atoms with van der Waals surface area (Å²) in [7, 11) is 0. The molecular weight excluding hydrogens is 428 g/mol. The molecule has 0 unspecified atom stereocenters. The van der Waals surface area contributed by atoms with Crippen LogP contribution in [0.25, 0.3) is 10.7 Å². The SMILES string of the molecule is CCOC(=O)c1cc(CC)sc1NC(=O)CSc1nnc(-c2cccs2)n1CC. The van der Waals surface area contributed by atoms with Crippen molar-refractivity contribution in [1.29, 1.82) is 0 Å². The van der Waals surface area contributed by atoms with Gasteiger partial charge in [0.2, 0.25) is 5.91 Å². The molecule has 1 N–H and O–H groups in total. The van der Waals surface area contributed by atoms with Gasteiger partial charge in [0.15, 0.2) is 11.0 Å². The van der Waals surface area contributed by atoms with Crippen LogP contribution in [0.1, 0.15) is 36.0 Å². The van der Waals surface area contributed by atoms with Crippen molar-refractivity contribution in [2.45, 2.75) is 38.9 Å². The number of rotatable bonds is 9. The minimum Gasteiger partial charge on any atom is -0.462 e. The maximum Gasteiger partial charge on any atom is 0.341 e. The quantitative estimate of drug-likeness (QED) is 0.380. The number of ether oxygens (including phenoxy) is 1. The second kappa shape index (κ2) is 10.0. The molecule has 0 spiro atoms. The highest BCUT2D eigenvalue weighted by Gasteiger charge is 2.20. The second-order valence-corrected chi connectivity index (χ2v) is 8.92. The molecule has 7 nitrogen and oxygen atoms in total. The molecule has 3 aromatic rings. The largest absolute Gasteiger partial charge is 0.462 e. The Morgan fingerprint density at radius 3 is 2.76 bits per heavy atom. The molecule has 3 rings (SSSR count). The van der Waals surface area contributed by atoms with Gasteiger partial charge in [0.25, 0.3) is 0 Å². The smallest absolute Gasteiger partial charge is 0.341 e. The van der Waals surface area contributed by atoms with Gasteiger partial charge in [-0.05, 0) is 37.8 Å². The van der Waals surface area contributed by atoms with Crippen LogP contribution in [-0.4, -0.2) is 39.0 Å². The fraction of sp³-hybridized carbons (Fsp3) is 0.368. The average Bonchev–Trinajstić information content (AvgIpc) is 3.45. The lowest BCUT2D eigenvalue weighted by molar-refractivity contribution is -0.113. The lowest BCUT2D eigenvalue weighted by Crippen LogP contribution is -2.16. The predicted octanol–water partition coefficient (Wildman–Crippen LogP) is 4.56. The lowest BCUT2D eigenvalue weighted by atomic mass is 10.2. The summed E-state index contributed by atoms with van der Waals surface area (Å²) < 4.78 is 7.09. The topological polar surface area (TPSA) is 86.1 Å². The zero-order chi connectivity index (χ0) is 20.8. The first-order valence-corrected chi connectivity index (χ1v) is 11.9. The first-order valence-electron chi connectivity index (χ1n) is 9.26. The van der Waals surface area contributed by atoms with Crippen molar-refractivity contribution in [3.05, 3.63) is 34.0 Å². The minimum absolute atomic E-state index is 0.171. The predicted molar refractivity (Wildman–Crippen MR) is 118 cm³/mol. The standard InChI is InChI=1S/C19H22N4O3S3/c1-4-12-10-13(18(25)26-6-3)17(29-12)20-15(24)11-28-19-22-21-16(23(19)5-2)14-8-7-9-27-14/h7-10H,4-6,11H2,1-3H3,(H,20,24). The molecule has 154 valence electrons. The number of carbonyl (C=O) groups is 2. The second-order valence-electron chi connectivity index (χ2n) is 5.89. The van der Waals surface area contributed by atoms with Crippen molar-refractivity contribution in [1.82, 2.24) is 14.8 Å². The molecule has 0 radical (unpaired) electrons. The number of esters is 1. The number of thioether (sulfide) groups is 1. The number of hydrogen-bond donors (Lipinski definition) is 1. The van der Waals surface area contributed by atoms with E-state index in [-0.39, 0.29) is 11.7 Å². The Morgan fingerprint density at radius 1 is 1.28 bits per heavy atom. The van der Waals surface area contributed by atoms with Crippen LogP contribution in [-0.2, 0) is 22.5 Å². The van der Waals surface area contributed by atoms with Crippen LogP contribution in [0.4, 0.5) is 5.00 Å². The van der Waals surface area contributed by atoms with Crippen LogP contribution in [0.5, 0.6) is 0 Å². The number of aryl methyl sites for hydroxylation is 1. The summed E-state index contributed by atoms with van der Waals surface area (Å²) in [5.74, 6) is 0.358. The number of nitrogens with zero attached hydrogens (tertiary/aromatic N) is 3. The molecule has 0 saturated heterocycles. The summed E-state index contributed by atoms with van der Waals surface area (Å²) in [4.78, 5) is 26.7. The number of amides is 1. The van der Waals surface area contributed by atoms with E-state index in [1.807, 2.05) is 35.9 Å². The molecule has 29 heavy (non-hydrogen) atoms. The van der Waals surface area contributed by atoms with E-state index in [4.69, 9.17) is 4.74 Å². The molecule has 3 heterocycles. The van der Waals surface area contributed by atoms with Crippen molar-refractivity contribution in [3.63, 3.8) is 0 Å². The highest BCUT2D eigenvalue weighted by Crippen LogP contribution is 2.30. The van der Waals surface area contributed by atoms with Crippen LogP contribution in [0.3, 0.4) is 0 Å².